The van der Waals surface area contributed by atoms with E-state index in [2.05, 4.69) is 38.3 Å². The van der Waals surface area contributed by atoms with Crippen LogP contribution >= 0.6 is 27.5 Å². The summed E-state index contributed by atoms with van der Waals surface area (Å²) < 4.78 is 6.12. The number of rotatable bonds is 6. The third-order valence-electron chi connectivity index (χ3n) is 5.96. The maximum Gasteiger partial charge on any atom is 0.134 e. The monoisotopic (exact) mass is 465 g/mol. The predicted molar refractivity (Wildman–Crippen MR) is 115 cm³/mol. The number of hydrogen-bond acceptors (Lipinski definition) is 5. The first kappa shape index (κ1) is 20.0. The Balaban J connectivity index is 1.63. The summed E-state index contributed by atoms with van der Waals surface area (Å²) in [5.41, 5.74) is 2.39. The molecule has 4 rings (SSSR count). The van der Waals surface area contributed by atoms with Gasteiger partial charge in [0, 0.05) is 42.9 Å². The van der Waals surface area contributed by atoms with Crippen molar-refractivity contribution in [1.82, 2.24) is 10.3 Å². The molecule has 2 unspecified atom stereocenters. The molecule has 150 valence electrons. The van der Waals surface area contributed by atoms with Gasteiger partial charge in [-0.05, 0) is 52.9 Å². The SMILES string of the molecule is COc1ccc(CN2CC3(CCC(NCCO)C3)c3c2ncc(Br)c3Cl)cc1. The summed E-state index contributed by atoms with van der Waals surface area (Å²) in [6.07, 6.45) is 4.97. The van der Waals surface area contributed by atoms with Crippen LogP contribution in [0.1, 0.15) is 30.4 Å². The van der Waals surface area contributed by atoms with Crippen molar-refractivity contribution < 1.29 is 9.84 Å². The van der Waals surface area contributed by atoms with E-state index in [4.69, 9.17) is 26.4 Å². The number of aliphatic hydroxyl groups excluding tert-OH is 1. The van der Waals surface area contributed by atoms with Gasteiger partial charge in [-0.1, -0.05) is 23.7 Å². The van der Waals surface area contributed by atoms with E-state index in [0.717, 1.165) is 53.4 Å². The number of nitrogens with one attached hydrogen (secondary N) is 1. The number of anilines is 1. The summed E-state index contributed by atoms with van der Waals surface area (Å²) in [7, 11) is 1.68. The second-order valence-electron chi connectivity index (χ2n) is 7.72. The maximum absolute atomic E-state index is 9.15. The number of hydrogen-bond donors (Lipinski definition) is 2. The Morgan fingerprint density at radius 1 is 1.39 bits per heavy atom. The van der Waals surface area contributed by atoms with Crippen LogP contribution in [0.25, 0.3) is 0 Å². The lowest BCUT2D eigenvalue weighted by atomic mass is 9.81. The molecule has 0 saturated heterocycles. The predicted octanol–water partition coefficient (Wildman–Crippen LogP) is 3.90. The van der Waals surface area contributed by atoms with Gasteiger partial charge in [-0.2, -0.15) is 0 Å². The zero-order valence-corrected chi connectivity index (χ0v) is 18.3. The van der Waals surface area contributed by atoms with Gasteiger partial charge in [0.2, 0.25) is 0 Å². The van der Waals surface area contributed by atoms with Crippen molar-refractivity contribution >= 4 is 33.3 Å². The van der Waals surface area contributed by atoms with Gasteiger partial charge in [-0.25, -0.2) is 4.98 Å². The Kier molecular flexibility index (Phi) is 5.83. The Bertz CT molecular complexity index is 848. The summed E-state index contributed by atoms with van der Waals surface area (Å²) in [6.45, 7) is 2.50. The molecule has 1 aliphatic heterocycles. The summed E-state index contributed by atoms with van der Waals surface area (Å²) in [5, 5.41) is 13.4. The van der Waals surface area contributed by atoms with Gasteiger partial charge in [0.05, 0.1) is 23.2 Å². The van der Waals surface area contributed by atoms with Crippen molar-refractivity contribution in [1.29, 1.82) is 0 Å². The molecule has 28 heavy (non-hydrogen) atoms. The molecule has 1 saturated carbocycles. The Morgan fingerprint density at radius 2 is 2.18 bits per heavy atom. The molecular weight excluding hydrogens is 442 g/mol. The lowest BCUT2D eigenvalue weighted by Crippen LogP contribution is -2.35. The Hall–Kier alpha value is -1.34. The molecule has 1 aromatic carbocycles. The number of aliphatic hydroxyl groups is 1. The van der Waals surface area contributed by atoms with Crippen molar-refractivity contribution in [2.75, 3.05) is 31.7 Å². The van der Waals surface area contributed by atoms with Gasteiger partial charge >= 0.3 is 0 Å². The smallest absolute Gasteiger partial charge is 0.134 e. The van der Waals surface area contributed by atoms with Crippen LogP contribution in [-0.4, -0.2) is 42.9 Å². The zero-order chi connectivity index (χ0) is 19.7. The number of methoxy groups -OCH3 is 1. The highest BCUT2D eigenvalue weighted by molar-refractivity contribution is 9.10. The average Bonchev–Trinajstić information content (AvgIpc) is 3.25. The zero-order valence-electron chi connectivity index (χ0n) is 15.9. The summed E-state index contributed by atoms with van der Waals surface area (Å²) in [5.74, 6) is 1.85. The van der Waals surface area contributed by atoms with E-state index in [-0.39, 0.29) is 12.0 Å². The fourth-order valence-corrected chi connectivity index (χ4v) is 5.34. The summed E-state index contributed by atoms with van der Waals surface area (Å²) >= 11 is 10.3. The number of pyridine rings is 1. The normalized spacial score (nSPS) is 23.4. The van der Waals surface area contributed by atoms with Crippen molar-refractivity contribution in [2.45, 2.75) is 37.3 Å². The first-order chi connectivity index (χ1) is 13.6. The van der Waals surface area contributed by atoms with Crippen molar-refractivity contribution in [3.63, 3.8) is 0 Å². The minimum absolute atomic E-state index is 0.00277. The van der Waals surface area contributed by atoms with Crippen molar-refractivity contribution in [3.8, 4) is 5.75 Å². The number of ether oxygens (including phenoxy) is 1. The van der Waals surface area contributed by atoms with Gasteiger partial charge in [0.25, 0.3) is 0 Å². The Labute approximate surface area is 179 Å². The van der Waals surface area contributed by atoms with E-state index in [9.17, 15) is 0 Å². The van der Waals surface area contributed by atoms with Crippen LogP contribution in [-0.2, 0) is 12.0 Å². The number of benzene rings is 1. The van der Waals surface area contributed by atoms with E-state index in [0.29, 0.717) is 12.6 Å². The maximum atomic E-state index is 9.15. The summed E-state index contributed by atoms with van der Waals surface area (Å²) in [4.78, 5) is 7.10. The molecule has 0 radical (unpaired) electrons. The quantitative estimate of drug-likeness (QED) is 0.676. The van der Waals surface area contributed by atoms with E-state index >= 15 is 0 Å². The fraction of sp³-hybridized carbons (Fsp3) is 0.476. The topological polar surface area (TPSA) is 57.6 Å². The molecule has 1 aliphatic carbocycles. The highest BCUT2D eigenvalue weighted by Crippen LogP contribution is 2.53. The molecule has 0 bridgehead atoms. The standard InChI is InChI=1S/C21H25BrClN3O2/c1-28-16-4-2-14(3-5-16)12-26-13-21(7-6-15(10-21)24-8-9-27)18-19(23)17(22)11-25-20(18)26/h2-5,11,15,24,27H,6-10,12-13H2,1H3. The van der Waals surface area contributed by atoms with E-state index < -0.39 is 0 Å². The number of halogens is 2. The van der Waals surface area contributed by atoms with E-state index in [1.165, 1.54) is 11.1 Å². The highest BCUT2D eigenvalue weighted by Gasteiger charge is 2.49. The molecule has 2 atom stereocenters. The number of fused-ring (bicyclic) bond motifs is 2. The van der Waals surface area contributed by atoms with Crippen LogP contribution in [0.2, 0.25) is 5.02 Å². The van der Waals surface area contributed by atoms with Crippen LogP contribution in [0.15, 0.2) is 34.9 Å². The van der Waals surface area contributed by atoms with Crippen LogP contribution in [0, 0.1) is 0 Å². The molecule has 2 N–H and O–H groups in total. The largest absolute Gasteiger partial charge is 0.497 e. The molecule has 0 amide bonds. The number of nitrogens with zero attached hydrogens (tertiary/aromatic N) is 2. The minimum Gasteiger partial charge on any atom is -0.497 e. The van der Waals surface area contributed by atoms with Gasteiger partial charge < -0.3 is 20.1 Å². The van der Waals surface area contributed by atoms with E-state index in [1.54, 1.807) is 13.3 Å². The molecular formula is C21H25BrClN3O2. The van der Waals surface area contributed by atoms with Crippen LogP contribution in [0.3, 0.4) is 0 Å². The van der Waals surface area contributed by atoms with Crippen LogP contribution in [0.5, 0.6) is 5.75 Å². The molecule has 7 heteroatoms. The third-order valence-corrected chi connectivity index (χ3v) is 7.18. The minimum atomic E-state index is 0.00277. The second-order valence-corrected chi connectivity index (χ2v) is 8.95. The van der Waals surface area contributed by atoms with Crippen LogP contribution in [0.4, 0.5) is 5.82 Å². The molecule has 2 aromatic rings. The van der Waals surface area contributed by atoms with Crippen molar-refractivity contribution in [2.24, 2.45) is 0 Å². The molecule has 5 nitrogen and oxygen atoms in total. The highest BCUT2D eigenvalue weighted by atomic mass is 79.9. The van der Waals surface area contributed by atoms with Gasteiger partial charge in [0.1, 0.15) is 11.6 Å². The van der Waals surface area contributed by atoms with E-state index in [1.807, 2.05) is 12.1 Å². The molecule has 2 aliphatic rings. The molecule has 1 aromatic heterocycles. The second kappa shape index (κ2) is 8.19. The first-order valence-electron chi connectivity index (χ1n) is 9.63. The number of aromatic nitrogens is 1. The lowest BCUT2D eigenvalue weighted by molar-refractivity contribution is 0.282. The fourth-order valence-electron chi connectivity index (χ4n) is 4.71. The van der Waals surface area contributed by atoms with Gasteiger partial charge in [-0.3, -0.25) is 0 Å². The first-order valence-corrected chi connectivity index (χ1v) is 10.8. The molecule has 1 fully saturated rings. The molecule has 2 heterocycles. The average molecular weight is 467 g/mol. The molecule has 1 spiro atoms. The van der Waals surface area contributed by atoms with Gasteiger partial charge in [-0.15, -0.1) is 0 Å². The summed E-state index contributed by atoms with van der Waals surface area (Å²) in [6, 6.07) is 8.59. The van der Waals surface area contributed by atoms with Crippen molar-refractivity contribution in [3.05, 3.63) is 51.1 Å². The van der Waals surface area contributed by atoms with Crippen LogP contribution < -0.4 is 15.0 Å². The van der Waals surface area contributed by atoms with Gasteiger partial charge in [0.15, 0.2) is 0 Å². The lowest BCUT2D eigenvalue weighted by Gasteiger charge is -2.26. The third kappa shape index (κ3) is 3.63. The Morgan fingerprint density at radius 3 is 2.89 bits per heavy atom.